The van der Waals surface area contributed by atoms with Crippen LogP contribution in [0.5, 0.6) is 0 Å². The van der Waals surface area contributed by atoms with Gasteiger partial charge in [0.25, 0.3) is 0 Å². The Kier molecular flexibility index (Phi) is 5.63. The van der Waals surface area contributed by atoms with Gasteiger partial charge in [0.15, 0.2) is 11.6 Å². The Bertz CT molecular complexity index is 753. The third-order valence-corrected chi connectivity index (χ3v) is 4.62. The van der Waals surface area contributed by atoms with Crippen LogP contribution in [0.1, 0.15) is 17.7 Å². The smallest absolute Gasteiger partial charge is 0.222 e. The Balaban J connectivity index is 1.74. The second-order valence-electron chi connectivity index (χ2n) is 6.56. The average Bonchev–Trinajstić information content (AvgIpc) is 2.59. The molecule has 0 radical (unpaired) electrons. The topological polar surface area (TPSA) is 78.5 Å². The third kappa shape index (κ3) is 4.25. The number of nitrogens with two attached hydrogens (primary N) is 1. The number of benzene rings is 1. The number of aromatic nitrogens is 2. The number of rotatable bonds is 5. The predicted octanol–water partition coefficient (Wildman–Crippen LogP) is 1.72. The van der Waals surface area contributed by atoms with Crippen LogP contribution in [-0.2, 0) is 6.54 Å². The van der Waals surface area contributed by atoms with Crippen LogP contribution < -0.4 is 10.6 Å². The Morgan fingerprint density at radius 1 is 1.19 bits per heavy atom. The molecule has 26 heavy (non-hydrogen) atoms. The fraction of sp³-hybridized carbons (Fsp3) is 0.444. The van der Waals surface area contributed by atoms with Crippen molar-refractivity contribution in [1.82, 2.24) is 14.9 Å². The van der Waals surface area contributed by atoms with E-state index in [1.807, 2.05) is 13.0 Å². The van der Waals surface area contributed by atoms with Gasteiger partial charge in [-0.2, -0.15) is 4.98 Å². The van der Waals surface area contributed by atoms with Gasteiger partial charge in [-0.1, -0.05) is 6.07 Å². The minimum Gasteiger partial charge on any atom is -0.396 e. The maximum absolute atomic E-state index is 13.5. The molecule has 0 aliphatic carbocycles. The maximum Gasteiger partial charge on any atom is 0.222 e. The summed E-state index contributed by atoms with van der Waals surface area (Å²) in [5, 5.41) is 9.43. The molecule has 2 heterocycles. The van der Waals surface area contributed by atoms with E-state index in [1.54, 1.807) is 6.07 Å². The van der Waals surface area contributed by atoms with Gasteiger partial charge in [0.2, 0.25) is 5.95 Å². The van der Waals surface area contributed by atoms with E-state index >= 15 is 0 Å². The van der Waals surface area contributed by atoms with E-state index in [0.717, 1.165) is 24.1 Å². The Morgan fingerprint density at radius 2 is 2.00 bits per heavy atom. The van der Waals surface area contributed by atoms with Gasteiger partial charge in [-0.15, -0.1) is 0 Å². The van der Waals surface area contributed by atoms with Crippen LogP contribution in [0, 0.1) is 18.6 Å². The van der Waals surface area contributed by atoms with Crippen molar-refractivity contribution < 1.29 is 13.9 Å². The minimum absolute atomic E-state index is 0.0533. The van der Waals surface area contributed by atoms with Crippen molar-refractivity contribution in [1.29, 1.82) is 0 Å². The molecule has 1 saturated heterocycles. The molecule has 1 fully saturated rings. The summed E-state index contributed by atoms with van der Waals surface area (Å²) in [4.78, 5) is 12.7. The van der Waals surface area contributed by atoms with Crippen LogP contribution in [0.25, 0.3) is 0 Å². The van der Waals surface area contributed by atoms with Crippen molar-refractivity contribution in [3.05, 3.63) is 47.2 Å². The molecule has 0 amide bonds. The second kappa shape index (κ2) is 7.92. The summed E-state index contributed by atoms with van der Waals surface area (Å²) < 4.78 is 26.6. The lowest BCUT2D eigenvalue weighted by Crippen LogP contribution is -2.53. The van der Waals surface area contributed by atoms with Crippen molar-refractivity contribution in [2.45, 2.75) is 25.9 Å². The molecule has 2 aromatic rings. The first kappa shape index (κ1) is 18.5. The van der Waals surface area contributed by atoms with Crippen LogP contribution in [0.3, 0.4) is 0 Å². The standard InChI is InChI=1S/C18H23F2N5O/c1-12-8-17(23-18(21)22-12)25-6-5-24(14(11-25)4-7-26)10-13-2-3-15(19)16(20)9-13/h2-3,8-9,14,26H,4-7,10-11H2,1H3,(H2,21,22,23). The van der Waals surface area contributed by atoms with E-state index in [-0.39, 0.29) is 18.6 Å². The predicted molar refractivity (Wildman–Crippen MR) is 95.7 cm³/mol. The van der Waals surface area contributed by atoms with Gasteiger partial charge in [-0.3, -0.25) is 4.90 Å². The zero-order valence-electron chi connectivity index (χ0n) is 14.7. The second-order valence-corrected chi connectivity index (χ2v) is 6.56. The third-order valence-electron chi connectivity index (χ3n) is 4.62. The number of aliphatic hydroxyl groups excluding tert-OH is 1. The lowest BCUT2D eigenvalue weighted by molar-refractivity contribution is 0.135. The van der Waals surface area contributed by atoms with Gasteiger partial charge in [-0.25, -0.2) is 13.8 Å². The van der Waals surface area contributed by atoms with E-state index in [0.29, 0.717) is 31.6 Å². The van der Waals surface area contributed by atoms with Gasteiger partial charge in [-0.05, 0) is 31.0 Å². The number of piperazine rings is 1. The zero-order valence-corrected chi connectivity index (χ0v) is 14.7. The largest absolute Gasteiger partial charge is 0.396 e. The quantitative estimate of drug-likeness (QED) is 0.842. The lowest BCUT2D eigenvalue weighted by Gasteiger charge is -2.42. The number of hydrogen-bond donors (Lipinski definition) is 2. The first-order valence-electron chi connectivity index (χ1n) is 8.61. The van der Waals surface area contributed by atoms with Crippen LogP contribution in [-0.4, -0.2) is 52.3 Å². The van der Waals surface area contributed by atoms with E-state index in [9.17, 15) is 13.9 Å². The number of halogens is 2. The highest BCUT2D eigenvalue weighted by Gasteiger charge is 2.28. The number of aryl methyl sites for hydroxylation is 1. The van der Waals surface area contributed by atoms with E-state index in [1.165, 1.54) is 6.07 Å². The maximum atomic E-state index is 13.5. The molecule has 1 atom stereocenters. The SMILES string of the molecule is Cc1cc(N2CCN(Cc3ccc(F)c(F)c3)C(CCO)C2)nc(N)n1. The van der Waals surface area contributed by atoms with E-state index in [2.05, 4.69) is 19.8 Å². The molecule has 8 heteroatoms. The van der Waals surface area contributed by atoms with Crippen molar-refractivity contribution in [3.8, 4) is 0 Å². The molecular weight excluding hydrogens is 340 g/mol. The first-order valence-corrected chi connectivity index (χ1v) is 8.61. The molecule has 1 aromatic heterocycles. The van der Waals surface area contributed by atoms with Crippen molar-refractivity contribution >= 4 is 11.8 Å². The Hall–Kier alpha value is -2.32. The number of nitrogens with zero attached hydrogens (tertiary/aromatic N) is 4. The Labute approximate surface area is 151 Å². The van der Waals surface area contributed by atoms with Gasteiger partial charge in [0.05, 0.1) is 0 Å². The zero-order chi connectivity index (χ0) is 18.7. The minimum atomic E-state index is -0.845. The molecule has 1 aromatic carbocycles. The molecule has 1 aliphatic rings. The van der Waals surface area contributed by atoms with Gasteiger partial charge in [0, 0.05) is 50.6 Å². The highest BCUT2D eigenvalue weighted by atomic mass is 19.2. The van der Waals surface area contributed by atoms with Crippen molar-refractivity contribution in [3.63, 3.8) is 0 Å². The molecule has 3 rings (SSSR count). The molecule has 140 valence electrons. The summed E-state index contributed by atoms with van der Waals surface area (Å²) in [7, 11) is 0. The highest BCUT2D eigenvalue weighted by molar-refractivity contribution is 5.44. The Morgan fingerprint density at radius 3 is 2.69 bits per heavy atom. The van der Waals surface area contributed by atoms with Crippen LogP contribution in [0.2, 0.25) is 0 Å². The fourth-order valence-electron chi connectivity index (χ4n) is 3.34. The van der Waals surface area contributed by atoms with Crippen molar-refractivity contribution in [2.75, 3.05) is 36.9 Å². The number of hydrogen-bond acceptors (Lipinski definition) is 6. The number of anilines is 2. The number of aliphatic hydroxyl groups is 1. The summed E-state index contributed by atoms with van der Waals surface area (Å²) in [5.41, 5.74) is 7.26. The molecular formula is C18H23F2N5O. The highest BCUT2D eigenvalue weighted by Crippen LogP contribution is 2.22. The van der Waals surface area contributed by atoms with Crippen molar-refractivity contribution in [2.24, 2.45) is 0 Å². The summed E-state index contributed by atoms with van der Waals surface area (Å²) in [5.74, 6) is -0.678. The molecule has 0 bridgehead atoms. The monoisotopic (exact) mass is 363 g/mol. The van der Waals surface area contributed by atoms with Crippen LogP contribution in [0.4, 0.5) is 20.5 Å². The molecule has 6 nitrogen and oxygen atoms in total. The molecule has 0 spiro atoms. The molecule has 1 unspecified atom stereocenters. The summed E-state index contributed by atoms with van der Waals surface area (Å²) in [6.45, 7) is 4.53. The van der Waals surface area contributed by atoms with Crippen LogP contribution in [0.15, 0.2) is 24.3 Å². The van der Waals surface area contributed by atoms with Gasteiger partial charge in [0.1, 0.15) is 5.82 Å². The molecule has 3 N–H and O–H groups in total. The van der Waals surface area contributed by atoms with E-state index in [4.69, 9.17) is 5.73 Å². The summed E-state index contributed by atoms with van der Waals surface area (Å²) in [6.07, 6.45) is 0.583. The molecule has 1 aliphatic heterocycles. The van der Waals surface area contributed by atoms with Gasteiger partial charge < -0.3 is 15.7 Å². The van der Waals surface area contributed by atoms with Gasteiger partial charge >= 0.3 is 0 Å². The number of nitrogen functional groups attached to an aromatic ring is 1. The lowest BCUT2D eigenvalue weighted by atomic mass is 10.1. The van der Waals surface area contributed by atoms with E-state index < -0.39 is 11.6 Å². The summed E-state index contributed by atoms with van der Waals surface area (Å²) in [6, 6.07) is 5.92. The molecule has 0 saturated carbocycles. The summed E-state index contributed by atoms with van der Waals surface area (Å²) >= 11 is 0. The van der Waals surface area contributed by atoms with Crippen LogP contribution >= 0.6 is 0 Å². The first-order chi connectivity index (χ1) is 12.5. The fourth-order valence-corrected chi connectivity index (χ4v) is 3.34. The average molecular weight is 363 g/mol. The normalized spacial score (nSPS) is 18.3.